The number of halogens is 2. The predicted octanol–water partition coefficient (Wildman–Crippen LogP) is 6.38. The van der Waals surface area contributed by atoms with Crippen LogP contribution in [0.25, 0.3) is 0 Å². The fourth-order valence-corrected chi connectivity index (χ4v) is 6.87. The standard InChI is InChI=1S/C33H33BrClN3O4S/c1-3-36-33(40)31(20-25-11-6-4-7-12-25)37(22-26-13-10-14-27(34)19-26)32(39)23-38(30-21-28(35)18-17-24(30)2)43(41,42)29-15-8-5-9-16-29/h4-19,21,31H,3,20,22-23H2,1-2H3,(H,36,40). The lowest BCUT2D eigenvalue weighted by Crippen LogP contribution is -2.53. The fraction of sp³-hybridized carbons (Fsp3) is 0.212. The zero-order chi connectivity index (χ0) is 31.0. The van der Waals surface area contributed by atoms with Crippen LogP contribution < -0.4 is 9.62 Å². The van der Waals surface area contributed by atoms with Crippen LogP contribution in [0.1, 0.15) is 23.6 Å². The van der Waals surface area contributed by atoms with Crippen LogP contribution >= 0.6 is 27.5 Å². The normalized spacial score (nSPS) is 11.9. The van der Waals surface area contributed by atoms with Gasteiger partial charge in [-0.05, 0) is 66.9 Å². The molecule has 0 fully saturated rings. The number of hydrogen-bond donors (Lipinski definition) is 1. The molecule has 0 heterocycles. The van der Waals surface area contributed by atoms with Crippen molar-refractivity contribution in [3.8, 4) is 0 Å². The molecular weight excluding hydrogens is 650 g/mol. The molecule has 1 N–H and O–H groups in total. The molecule has 0 bridgehead atoms. The third kappa shape index (κ3) is 8.25. The van der Waals surface area contributed by atoms with Crippen LogP contribution in [-0.2, 0) is 32.6 Å². The molecule has 43 heavy (non-hydrogen) atoms. The van der Waals surface area contributed by atoms with Gasteiger partial charge in [0, 0.05) is 29.0 Å². The summed E-state index contributed by atoms with van der Waals surface area (Å²) >= 11 is 9.81. The number of nitrogens with zero attached hydrogens (tertiary/aromatic N) is 2. The lowest BCUT2D eigenvalue weighted by molar-refractivity contribution is -0.140. The van der Waals surface area contributed by atoms with E-state index in [1.807, 2.05) is 61.5 Å². The maximum absolute atomic E-state index is 14.4. The maximum atomic E-state index is 14.4. The number of hydrogen-bond acceptors (Lipinski definition) is 4. The molecular formula is C33H33BrClN3O4S. The SMILES string of the molecule is CCNC(=O)C(Cc1ccccc1)N(Cc1cccc(Br)c1)C(=O)CN(c1cc(Cl)ccc1C)S(=O)(=O)c1ccccc1. The van der Waals surface area contributed by atoms with E-state index in [0.717, 1.165) is 19.9 Å². The Hall–Kier alpha value is -3.66. The van der Waals surface area contributed by atoms with Gasteiger partial charge in [-0.3, -0.25) is 13.9 Å². The summed E-state index contributed by atoms with van der Waals surface area (Å²) in [5, 5.41) is 3.19. The highest BCUT2D eigenvalue weighted by atomic mass is 79.9. The number of benzene rings is 4. The summed E-state index contributed by atoms with van der Waals surface area (Å²) in [4.78, 5) is 29.5. The van der Waals surface area contributed by atoms with Gasteiger partial charge in [-0.25, -0.2) is 8.42 Å². The van der Waals surface area contributed by atoms with Crippen LogP contribution in [0.15, 0.2) is 112 Å². The van der Waals surface area contributed by atoms with E-state index in [2.05, 4.69) is 21.2 Å². The van der Waals surface area contributed by atoms with Gasteiger partial charge in [-0.1, -0.05) is 94.3 Å². The minimum Gasteiger partial charge on any atom is -0.355 e. The monoisotopic (exact) mass is 681 g/mol. The molecule has 0 saturated heterocycles. The highest BCUT2D eigenvalue weighted by Gasteiger charge is 2.35. The van der Waals surface area contributed by atoms with Gasteiger partial charge in [0.2, 0.25) is 11.8 Å². The van der Waals surface area contributed by atoms with E-state index in [-0.39, 0.29) is 29.5 Å². The number of anilines is 1. The molecule has 0 aromatic heterocycles. The molecule has 0 radical (unpaired) electrons. The van der Waals surface area contributed by atoms with Gasteiger partial charge < -0.3 is 10.2 Å². The predicted molar refractivity (Wildman–Crippen MR) is 174 cm³/mol. The van der Waals surface area contributed by atoms with Gasteiger partial charge in [0.15, 0.2) is 0 Å². The first-order chi connectivity index (χ1) is 20.6. The maximum Gasteiger partial charge on any atom is 0.264 e. The zero-order valence-electron chi connectivity index (χ0n) is 23.9. The average Bonchev–Trinajstić information content (AvgIpc) is 3.00. The van der Waals surface area contributed by atoms with Gasteiger partial charge in [-0.2, -0.15) is 0 Å². The number of rotatable bonds is 12. The molecule has 4 rings (SSSR count). The summed E-state index contributed by atoms with van der Waals surface area (Å²) in [7, 11) is -4.20. The number of likely N-dealkylation sites (N-methyl/N-ethyl adjacent to an activating group) is 1. The van der Waals surface area contributed by atoms with Crippen molar-refractivity contribution in [1.29, 1.82) is 0 Å². The number of carbonyl (C=O) groups is 2. The topological polar surface area (TPSA) is 86.8 Å². The Kier molecular flexibility index (Phi) is 11.0. The average molecular weight is 683 g/mol. The van der Waals surface area contributed by atoms with Crippen molar-refractivity contribution in [2.75, 3.05) is 17.4 Å². The van der Waals surface area contributed by atoms with E-state index < -0.39 is 28.5 Å². The molecule has 0 spiro atoms. The Morgan fingerprint density at radius 2 is 1.53 bits per heavy atom. The van der Waals surface area contributed by atoms with Crippen molar-refractivity contribution in [2.24, 2.45) is 0 Å². The summed E-state index contributed by atoms with van der Waals surface area (Å²) in [5.41, 5.74) is 2.55. The second kappa shape index (κ2) is 14.7. The largest absolute Gasteiger partial charge is 0.355 e. The Morgan fingerprint density at radius 3 is 2.19 bits per heavy atom. The van der Waals surface area contributed by atoms with Gasteiger partial charge in [0.25, 0.3) is 10.0 Å². The van der Waals surface area contributed by atoms with Crippen molar-refractivity contribution in [3.05, 3.63) is 129 Å². The quantitative estimate of drug-likeness (QED) is 0.188. The first kappa shape index (κ1) is 32.3. The van der Waals surface area contributed by atoms with E-state index in [1.54, 1.807) is 37.3 Å². The second-order valence-corrected chi connectivity index (χ2v) is 13.2. The van der Waals surface area contributed by atoms with Crippen molar-refractivity contribution >= 4 is 55.1 Å². The molecule has 0 aliphatic heterocycles. The van der Waals surface area contributed by atoms with Gasteiger partial charge in [0.05, 0.1) is 10.6 Å². The minimum atomic E-state index is -4.20. The Morgan fingerprint density at radius 1 is 0.884 bits per heavy atom. The third-order valence-corrected chi connectivity index (χ3v) is 9.42. The molecule has 1 atom stereocenters. The van der Waals surface area contributed by atoms with E-state index >= 15 is 0 Å². The van der Waals surface area contributed by atoms with E-state index in [4.69, 9.17) is 11.6 Å². The number of aryl methyl sites for hydroxylation is 1. The highest BCUT2D eigenvalue weighted by Crippen LogP contribution is 2.30. The highest BCUT2D eigenvalue weighted by molar-refractivity contribution is 9.10. The lowest BCUT2D eigenvalue weighted by atomic mass is 10.0. The van der Waals surface area contributed by atoms with Gasteiger partial charge >= 0.3 is 0 Å². The minimum absolute atomic E-state index is 0.0327. The molecule has 1 unspecified atom stereocenters. The van der Waals surface area contributed by atoms with Crippen molar-refractivity contribution < 1.29 is 18.0 Å². The number of sulfonamides is 1. The van der Waals surface area contributed by atoms with Crippen LogP contribution in [0, 0.1) is 6.92 Å². The van der Waals surface area contributed by atoms with Crippen LogP contribution in [-0.4, -0.2) is 44.3 Å². The molecule has 7 nitrogen and oxygen atoms in total. The number of amides is 2. The fourth-order valence-electron chi connectivity index (χ4n) is 4.76. The van der Waals surface area contributed by atoms with E-state index in [9.17, 15) is 18.0 Å². The van der Waals surface area contributed by atoms with E-state index in [1.165, 1.54) is 23.1 Å². The molecule has 2 amide bonds. The molecule has 4 aromatic carbocycles. The van der Waals surface area contributed by atoms with Crippen LogP contribution in [0.4, 0.5) is 5.69 Å². The van der Waals surface area contributed by atoms with Gasteiger partial charge in [-0.15, -0.1) is 0 Å². The van der Waals surface area contributed by atoms with Crippen LogP contribution in [0.5, 0.6) is 0 Å². The molecule has 10 heteroatoms. The third-order valence-electron chi connectivity index (χ3n) is 6.91. The smallest absolute Gasteiger partial charge is 0.264 e. The number of carbonyl (C=O) groups excluding carboxylic acids is 2. The molecule has 0 saturated carbocycles. The van der Waals surface area contributed by atoms with Gasteiger partial charge in [0.1, 0.15) is 12.6 Å². The van der Waals surface area contributed by atoms with Crippen LogP contribution in [0.3, 0.4) is 0 Å². The molecule has 0 aliphatic rings. The first-order valence-corrected chi connectivity index (χ1v) is 16.4. The molecule has 0 aliphatic carbocycles. The summed E-state index contributed by atoms with van der Waals surface area (Å²) < 4.78 is 30.1. The number of nitrogens with one attached hydrogen (secondary N) is 1. The summed E-state index contributed by atoms with van der Waals surface area (Å²) in [6.45, 7) is 3.49. The van der Waals surface area contributed by atoms with Crippen molar-refractivity contribution in [3.63, 3.8) is 0 Å². The zero-order valence-corrected chi connectivity index (χ0v) is 27.1. The second-order valence-electron chi connectivity index (χ2n) is 10.0. The Balaban J connectivity index is 1.82. The molecule has 4 aromatic rings. The Bertz CT molecular complexity index is 1670. The summed E-state index contributed by atoms with van der Waals surface area (Å²) in [5.74, 6) is -0.864. The summed E-state index contributed by atoms with van der Waals surface area (Å²) in [6, 6.07) is 28.8. The van der Waals surface area contributed by atoms with Crippen molar-refractivity contribution in [1.82, 2.24) is 10.2 Å². The lowest BCUT2D eigenvalue weighted by Gasteiger charge is -2.34. The van der Waals surface area contributed by atoms with E-state index in [0.29, 0.717) is 17.1 Å². The van der Waals surface area contributed by atoms with Crippen LogP contribution in [0.2, 0.25) is 5.02 Å². The molecule has 224 valence electrons. The Labute approximate surface area is 266 Å². The first-order valence-electron chi connectivity index (χ1n) is 13.8. The van der Waals surface area contributed by atoms with Crippen molar-refractivity contribution in [2.45, 2.75) is 37.8 Å². The summed E-state index contributed by atoms with van der Waals surface area (Å²) in [6.07, 6.45) is 0.244.